The van der Waals surface area contributed by atoms with Gasteiger partial charge in [-0.15, -0.1) is 11.3 Å². The molecule has 7 heteroatoms. The van der Waals surface area contributed by atoms with E-state index in [2.05, 4.69) is 0 Å². The summed E-state index contributed by atoms with van der Waals surface area (Å²) >= 11 is 1.15. The number of rotatable bonds is 5. The maximum absolute atomic E-state index is 12.1. The molecule has 18 heavy (non-hydrogen) atoms. The Hall–Kier alpha value is -1.26. The van der Waals surface area contributed by atoms with Crippen LogP contribution in [0.3, 0.4) is 0 Å². The highest BCUT2D eigenvalue weighted by Gasteiger charge is 2.28. The number of hydrogen-bond donors (Lipinski definition) is 1. The predicted octanol–water partition coefficient (Wildman–Crippen LogP) is 1.84. The first-order valence-corrected chi connectivity index (χ1v) is 8.19. The summed E-state index contributed by atoms with van der Waals surface area (Å²) in [4.78, 5) is 2.30. The van der Waals surface area contributed by atoms with E-state index in [1.54, 1.807) is 6.92 Å². The van der Waals surface area contributed by atoms with Gasteiger partial charge in [-0.3, -0.25) is 0 Å². The summed E-state index contributed by atoms with van der Waals surface area (Å²) in [6.45, 7) is 6.80. The molecule has 0 fully saturated rings. The van der Waals surface area contributed by atoms with Crippen LogP contribution in [0, 0.1) is 11.3 Å². The van der Waals surface area contributed by atoms with Crippen molar-refractivity contribution >= 4 is 31.9 Å². The molecule has 2 N–H and O–H groups in total. The number of sulfone groups is 1. The van der Waals surface area contributed by atoms with Crippen LogP contribution in [-0.2, 0) is 9.84 Å². The lowest BCUT2D eigenvalue weighted by molar-refractivity contribution is 0.597. The molecule has 0 aliphatic rings. The minimum atomic E-state index is -3.42. The fourth-order valence-electron chi connectivity index (χ4n) is 1.66. The van der Waals surface area contributed by atoms with E-state index >= 15 is 0 Å². The van der Waals surface area contributed by atoms with E-state index in [1.807, 2.05) is 24.8 Å². The van der Waals surface area contributed by atoms with Gasteiger partial charge in [-0.25, -0.2) is 8.42 Å². The third-order valence-electron chi connectivity index (χ3n) is 2.73. The smallest absolute Gasteiger partial charge is 0.183 e. The van der Waals surface area contributed by atoms with Crippen LogP contribution in [0.15, 0.2) is 4.90 Å². The van der Waals surface area contributed by atoms with Crippen molar-refractivity contribution in [3.63, 3.8) is 0 Å². The molecular weight excluding hydrogens is 270 g/mol. The zero-order chi connectivity index (χ0) is 13.9. The van der Waals surface area contributed by atoms with Gasteiger partial charge in [0.2, 0.25) is 0 Å². The lowest BCUT2D eigenvalue weighted by Crippen LogP contribution is -2.23. The van der Waals surface area contributed by atoms with Gasteiger partial charge < -0.3 is 10.6 Å². The first-order valence-electron chi connectivity index (χ1n) is 5.72. The first-order chi connectivity index (χ1) is 8.42. The Kier molecular flexibility index (Phi) is 4.59. The number of nitrogens with zero attached hydrogens (tertiary/aromatic N) is 2. The summed E-state index contributed by atoms with van der Waals surface area (Å²) in [5.41, 5.74) is 5.89. The van der Waals surface area contributed by atoms with Crippen LogP contribution in [0.5, 0.6) is 0 Å². The zero-order valence-corrected chi connectivity index (χ0v) is 12.4. The molecule has 1 aromatic rings. The molecule has 0 bridgehead atoms. The molecule has 1 heterocycles. The van der Waals surface area contributed by atoms with Gasteiger partial charge in [0.05, 0.1) is 11.4 Å². The lowest BCUT2D eigenvalue weighted by Gasteiger charge is -2.20. The summed E-state index contributed by atoms with van der Waals surface area (Å²) in [7, 11) is -3.42. The van der Waals surface area contributed by atoms with Crippen LogP contribution >= 0.6 is 11.3 Å². The normalized spacial score (nSPS) is 11.2. The summed E-state index contributed by atoms with van der Waals surface area (Å²) in [5, 5.41) is 9.57. The Morgan fingerprint density at radius 2 is 1.89 bits per heavy atom. The number of thiophene rings is 1. The van der Waals surface area contributed by atoms with E-state index in [0.29, 0.717) is 18.1 Å². The molecule has 0 aromatic carbocycles. The molecule has 0 spiro atoms. The fraction of sp³-hybridized carbons (Fsp3) is 0.545. The third-order valence-corrected chi connectivity index (χ3v) is 5.82. The van der Waals surface area contributed by atoms with Crippen LogP contribution in [0.25, 0.3) is 0 Å². The second kappa shape index (κ2) is 5.59. The average molecular weight is 287 g/mol. The molecule has 0 aliphatic heterocycles. The molecule has 0 saturated heterocycles. The van der Waals surface area contributed by atoms with E-state index in [0.717, 1.165) is 11.3 Å². The second-order valence-corrected chi connectivity index (χ2v) is 6.88. The Morgan fingerprint density at radius 3 is 2.28 bits per heavy atom. The summed E-state index contributed by atoms with van der Waals surface area (Å²) < 4.78 is 24.2. The third kappa shape index (κ3) is 2.44. The number of hydrogen-bond acceptors (Lipinski definition) is 6. The Bertz CT molecular complexity index is 566. The predicted molar refractivity (Wildman–Crippen MR) is 74.7 cm³/mol. The Morgan fingerprint density at radius 1 is 1.33 bits per heavy atom. The van der Waals surface area contributed by atoms with Gasteiger partial charge in [-0.2, -0.15) is 5.26 Å². The monoisotopic (exact) mass is 287 g/mol. The molecule has 0 unspecified atom stereocenters. The Balaban J connectivity index is 3.58. The quantitative estimate of drug-likeness (QED) is 0.893. The SMILES string of the molecule is CCN(CC)c1sc(C#N)c(N)c1S(=O)(=O)CC. The summed E-state index contributed by atoms with van der Waals surface area (Å²) in [5.74, 6) is -0.0208. The molecule has 0 saturated carbocycles. The van der Waals surface area contributed by atoms with E-state index in [-0.39, 0.29) is 21.2 Å². The highest BCUT2D eigenvalue weighted by molar-refractivity contribution is 7.91. The highest BCUT2D eigenvalue weighted by Crippen LogP contribution is 2.41. The standard InChI is InChI=1S/C11H17N3O2S2/c1-4-14(5-2)11-10(18(15,16)6-3)9(13)8(7-12)17-11/h4-6,13H2,1-3H3. The van der Waals surface area contributed by atoms with Crippen molar-refractivity contribution in [2.75, 3.05) is 29.5 Å². The van der Waals surface area contributed by atoms with Gasteiger partial charge >= 0.3 is 0 Å². The van der Waals surface area contributed by atoms with Gasteiger partial charge in [0, 0.05) is 13.1 Å². The van der Waals surface area contributed by atoms with Crippen molar-refractivity contribution in [3.8, 4) is 6.07 Å². The lowest BCUT2D eigenvalue weighted by atomic mass is 10.4. The summed E-state index contributed by atoms with van der Waals surface area (Å²) in [6, 6.07) is 1.96. The Labute approximate surface area is 112 Å². The van der Waals surface area contributed by atoms with Gasteiger partial charge in [0.25, 0.3) is 0 Å². The number of nitrogens with two attached hydrogens (primary N) is 1. The maximum atomic E-state index is 12.1. The second-order valence-electron chi connectivity index (χ2n) is 3.67. The molecule has 0 aliphatic carbocycles. The van der Waals surface area contributed by atoms with Crippen LogP contribution < -0.4 is 10.6 Å². The van der Waals surface area contributed by atoms with Crippen molar-refractivity contribution in [1.29, 1.82) is 5.26 Å². The molecule has 0 radical (unpaired) electrons. The molecule has 100 valence electrons. The fourth-order valence-corrected chi connectivity index (χ4v) is 4.40. The highest BCUT2D eigenvalue weighted by atomic mass is 32.2. The van der Waals surface area contributed by atoms with Crippen molar-refractivity contribution in [2.45, 2.75) is 25.7 Å². The topological polar surface area (TPSA) is 87.2 Å². The van der Waals surface area contributed by atoms with Crippen molar-refractivity contribution < 1.29 is 8.42 Å². The molecule has 1 aromatic heterocycles. The van der Waals surface area contributed by atoms with E-state index in [4.69, 9.17) is 11.0 Å². The number of anilines is 2. The van der Waals surface area contributed by atoms with Gasteiger partial charge in [0.1, 0.15) is 20.8 Å². The molecule has 5 nitrogen and oxygen atoms in total. The van der Waals surface area contributed by atoms with E-state index < -0.39 is 9.84 Å². The minimum Gasteiger partial charge on any atom is -0.396 e. The molecule has 1 rings (SSSR count). The number of nitriles is 1. The van der Waals surface area contributed by atoms with Gasteiger partial charge in [-0.1, -0.05) is 6.92 Å². The van der Waals surface area contributed by atoms with Crippen LogP contribution in [0.4, 0.5) is 10.7 Å². The van der Waals surface area contributed by atoms with E-state index in [9.17, 15) is 8.42 Å². The van der Waals surface area contributed by atoms with E-state index in [1.165, 1.54) is 0 Å². The average Bonchev–Trinajstić information content (AvgIpc) is 2.68. The summed E-state index contributed by atoms with van der Waals surface area (Å²) in [6.07, 6.45) is 0. The molecule has 0 amide bonds. The van der Waals surface area contributed by atoms with Crippen molar-refractivity contribution in [2.24, 2.45) is 0 Å². The number of nitrogen functional groups attached to an aromatic ring is 1. The largest absolute Gasteiger partial charge is 0.396 e. The van der Waals surface area contributed by atoms with Crippen molar-refractivity contribution in [3.05, 3.63) is 4.88 Å². The van der Waals surface area contributed by atoms with Crippen LogP contribution in [0.1, 0.15) is 25.6 Å². The van der Waals surface area contributed by atoms with Gasteiger partial charge in [-0.05, 0) is 13.8 Å². The van der Waals surface area contributed by atoms with Crippen LogP contribution in [-0.4, -0.2) is 27.3 Å². The molecular formula is C11H17N3O2S2. The maximum Gasteiger partial charge on any atom is 0.183 e. The van der Waals surface area contributed by atoms with Crippen LogP contribution in [0.2, 0.25) is 0 Å². The molecule has 0 atom stereocenters. The first kappa shape index (κ1) is 14.8. The minimum absolute atomic E-state index is 0.0208. The zero-order valence-electron chi connectivity index (χ0n) is 10.7. The van der Waals surface area contributed by atoms with Crippen molar-refractivity contribution in [1.82, 2.24) is 0 Å². The van der Waals surface area contributed by atoms with Gasteiger partial charge in [0.15, 0.2) is 9.84 Å².